The highest BCUT2D eigenvalue weighted by atomic mass is 16.1. The Morgan fingerprint density at radius 2 is 1.97 bits per heavy atom. The van der Waals surface area contributed by atoms with Crippen molar-refractivity contribution < 1.29 is 4.79 Å². The number of pyridine rings is 1. The van der Waals surface area contributed by atoms with Gasteiger partial charge >= 0.3 is 0 Å². The molecular weight excluding hydrogens is 374 g/mol. The van der Waals surface area contributed by atoms with Crippen molar-refractivity contribution in [3.63, 3.8) is 0 Å². The van der Waals surface area contributed by atoms with Crippen LogP contribution in [-0.2, 0) is 4.79 Å². The number of carbonyl (C=O) groups is 1. The number of piperidine rings is 1. The number of hydrogen-bond donors (Lipinski definition) is 1. The van der Waals surface area contributed by atoms with E-state index in [1.54, 1.807) is 18.6 Å². The van der Waals surface area contributed by atoms with Gasteiger partial charge in [0.2, 0.25) is 0 Å². The van der Waals surface area contributed by atoms with Gasteiger partial charge in [0, 0.05) is 37.7 Å². The zero-order chi connectivity index (χ0) is 21.5. The Labute approximate surface area is 179 Å². The molecule has 1 aliphatic heterocycles. The monoisotopic (exact) mass is 405 g/mol. The normalized spacial score (nSPS) is 14.5. The molecule has 0 atom stereocenters. The maximum absolute atomic E-state index is 12.0. The predicted octanol–water partition coefficient (Wildman–Crippen LogP) is 3.77. The molecule has 3 rings (SSSR count). The van der Waals surface area contributed by atoms with E-state index in [9.17, 15) is 4.79 Å². The lowest BCUT2D eigenvalue weighted by atomic mass is 9.90. The first-order valence-electron chi connectivity index (χ1n) is 10.7. The van der Waals surface area contributed by atoms with Crippen molar-refractivity contribution in [2.24, 2.45) is 11.8 Å². The molecular formula is C24H31N5O. The van der Waals surface area contributed by atoms with Gasteiger partial charge in [0.05, 0.1) is 11.3 Å². The maximum atomic E-state index is 12.0. The van der Waals surface area contributed by atoms with Crippen LogP contribution in [0.1, 0.15) is 62.8 Å². The second-order valence-corrected chi connectivity index (χ2v) is 8.49. The molecule has 0 aromatic carbocycles. The summed E-state index contributed by atoms with van der Waals surface area (Å²) in [6, 6.07) is 3.61. The van der Waals surface area contributed by atoms with Crippen LogP contribution in [0.4, 0.5) is 11.6 Å². The summed E-state index contributed by atoms with van der Waals surface area (Å²) < 4.78 is 0. The molecule has 2 N–H and O–H groups in total. The van der Waals surface area contributed by atoms with E-state index in [-0.39, 0.29) is 0 Å². The zero-order valence-electron chi connectivity index (χ0n) is 18.2. The average molecular weight is 406 g/mol. The summed E-state index contributed by atoms with van der Waals surface area (Å²) in [4.78, 5) is 27.3. The number of nitrogens with zero attached hydrogens (tertiary/aromatic N) is 4. The number of ketones is 1. The topological polar surface area (TPSA) is 85.0 Å². The van der Waals surface area contributed by atoms with Crippen LogP contribution >= 0.6 is 0 Å². The molecule has 1 aliphatic rings. The number of anilines is 2. The minimum Gasteiger partial charge on any atom is -0.384 e. The Hall–Kier alpha value is -2.94. The lowest BCUT2D eigenvalue weighted by molar-refractivity contribution is -0.120. The SMILES string of the molecule is Cc1ncnc(N2CCC(CCC(=O)CC(C)C)CC2)c1C#Cc1ccc(N)nc1. The molecule has 0 spiro atoms. The number of rotatable bonds is 6. The number of Topliss-reactive ketones (excluding diaryl/α,β-unsaturated/α-hetero) is 1. The van der Waals surface area contributed by atoms with Gasteiger partial charge in [0.15, 0.2) is 0 Å². The lowest BCUT2D eigenvalue weighted by Crippen LogP contribution is -2.35. The van der Waals surface area contributed by atoms with Crippen LogP contribution in [-0.4, -0.2) is 33.8 Å². The highest BCUT2D eigenvalue weighted by Crippen LogP contribution is 2.27. The number of hydrogen-bond acceptors (Lipinski definition) is 6. The fourth-order valence-corrected chi connectivity index (χ4v) is 3.82. The standard InChI is InChI=1S/C24H31N5O/c1-17(2)14-21(30)7-4-19-10-12-29(13-11-19)24-22(18(3)27-16-28-24)8-5-20-6-9-23(25)26-15-20/h6,9,15-17,19H,4,7,10-14H2,1-3H3,(H2,25,26). The van der Waals surface area contributed by atoms with E-state index in [2.05, 4.69) is 45.5 Å². The molecule has 0 aliphatic carbocycles. The molecule has 0 unspecified atom stereocenters. The second-order valence-electron chi connectivity index (χ2n) is 8.49. The predicted molar refractivity (Wildman–Crippen MR) is 120 cm³/mol. The number of nitrogens with two attached hydrogens (primary N) is 1. The van der Waals surface area contributed by atoms with Crippen molar-refractivity contribution >= 4 is 17.4 Å². The molecule has 1 saturated heterocycles. The van der Waals surface area contributed by atoms with Crippen LogP contribution in [0.15, 0.2) is 24.7 Å². The zero-order valence-corrected chi connectivity index (χ0v) is 18.2. The Morgan fingerprint density at radius 1 is 1.20 bits per heavy atom. The Morgan fingerprint density at radius 3 is 2.63 bits per heavy atom. The van der Waals surface area contributed by atoms with E-state index in [0.717, 1.165) is 55.0 Å². The number of aryl methyl sites for hydroxylation is 1. The molecule has 6 nitrogen and oxygen atoms in total. The van der Waals surface area contributed by atoms with E-state index in [0.29, 0.717) is 36.3 Å². The summed E-state index contributed by atoms with van der Waals surface area (Å²) in [6.07, 6.45) is 7.84. The molecule has 2 aromatic heterocycles. The minimum atomic E-state index is 0.397. The molecule has 6 heteroatoms. The fourth-order valence-electron chi connectivity index (χ4n) is 3.82. The third kappa shape index (κ3) is 6.03. The molecule has 0 saturated carbocycles. The molecule has 0 bridgehead atoms. The molecule has 3 heterocycles. The van der Waals surface area contributed by atoms with E-state index >= 15 is 0 Å². The van der Waals surface area contributed by atoms with Gasteiger partial charge in [-0.05, 0) is 50.2 Å². The third-order valence-corrected chi connectivity index (χ3v) is 5.52. The molecule has 0 radical (unpaired) electrons. The summed E-state index contributed by atoms with van der Waals surface area (Å²) in [5, 5.41) is 0. The second kappa shape index (κ2) is 10.2. The first kappa shape index (κ1) is 21.8. The quantitative estimate of drug-likeness (QED) is 0.736. The average Bonchev–Trinajstić information content (AvgIpc) is 2.72. The first-order valence-corrected chi connectivity index (χ1v) is 10.7. The van der Waals surface area contributed by atoms with Crippen molar-refractivity contribution in [1.82, 2.24) is 15.0 Å². The van der Waals surface area contributed by atoms with Crippen molar-refractivity contribution in [2.75, 3.05) is 23.7 Å². The van der Waals surface area contributed by atoms with Crippen LogP contribution in [0.2, 0.25) is 0 Å². The summed E-state index contributed by atoms with van der Waals surface area (Å²) in [6.45, 7) is 8.02. The van der Waals surface area contributed by atoms with Crippen molar-refractivity contribution in [3.05, 3.63) is 41.5 Å². The minimum absolute atomic E-state index is 0.397. The maximum Gasteiger partial charge on any atom is 0.148 e. The van der Waals surface area contributed by atoms with E-state index < -0.39 is 0 Å². The van der Waals surface area contributed by atoms with Crippen molar-refractivity contribution in [1.29, 1.82) is 0 Å². The summed E-state index contributed by atoms with van der Waals surface area (Å²) in [7, 11) is 0. The molecule has 2 aromatic rings. The Kier molecular flexibility index (Phi) is 7.40. The largest absolute Gasteiger partial charge is 0.384 e. The van der Waals surface area contributed by atoms with Gasteiger partial charge < -0.3 is 10.6 Å². The molecule has 1 fully saturated rings. The van der Waals surface area contributed by atoms with Gasteiger partial charge in [-0.1, -0.05) is 25.7 Å². The molecule has 158 valence electrons. The van der Waals surface area contributed by atoms with E-state index in [4.69, 9.17) is 5.73 Å². The van der Waals surface area contributed by atoms with Crippen molar-refractivity contribution in [3.8, 4) is 11.8 Å². The van der Waals surface area contributed by atoms with Gasteiger partial charge in [-0.3, -0.25) is 4.79 Å². The van der Waals surface area contributed by atoms with Crippen molar-refractivity contribution in [2.45, 2.75) is 52.9 Å². The highest BCUT2D eigenvalue weighted by Gasteiger charge is 2.23. The van der Waals surface area contributed by atoms with Gasteiger partial charge in [-0.2, -0.15) is 0 Å². The smallest absolute Gasteiger partial charge is 0.148 e. The van der Waals surface area contributed by atoms with Gasteiger partial charge in [0.25, 0.3) is 0 Å². The number of carbonyl (C=O) groups excluding carboxylic acids is 1. The fraction of sp³-hybridized carbons (Fsp3) is 0.500. The number of nitrogen functional groups attached to an aromatic ring is 1. The van der Waals surface area contributed by atoms with Gasteiger partial charge in [-0.25, -0.2) is 15.0 Å². The highest BCUT2D eigenvalue weighted by molar-refractivity contribution is 5.78. The summed E-state index contributed by atoms with van der Waals surface area (Å²) >= 11 is 0. The van der Waals surface area contributed by atoms with E-state index in [1.165, 1.54) is 0 Å². The van der Waals surface area contributed by atoms with Crippen LogP contribution in [0.3, 0.4) is 0 Å². The molecule has 0 amide bonds. The summed E-state index contributed by atoms with van der Waals surface area (Å²) in [5.41, 5.74) is 8.19. The van der Waals surface area contributed by atoms with Crippen LogP contribution < -0.4 is 10.6 Å². The van der Waals surface area contributed by atoms with Gasteiger partial charge in [-0.15, -0.1) is 0 Å². The van der Waals surface area contributed by atoms with E-state index in [1.807, 2.05) is 13.0 Å². The first-order chi connectivity index (χ1) is 14.4. The Bertz CT molecular complexity index is 919. The Balaban J connectivity index is 1.64. The number of aromatic nitrogens is 3. The van der Waals surface area contributed by atoms with Gasteiger partial charge in [0.1, 0.15) is 23.7 Å². The lowest BCUT2D eigenvalue weighted by Gasteiger charge is -2.33. The van der Waals surface area contributed by atoms with Crippen LogP contribution in [0, 0.1) is 30.6 Å². The van der Waals surface area contributed by atoms with Crippen LogP contribution in [0.25, 0.3) is 0 Å². The molecule has 30 heavy (non-hydrogen) atoms. The van der Waals surface area contributed by atoms with Crippen LogP contribution in [0.5, 0.6) is 0 Å². The third-order valence-electron chi connectivity index (χ3n) is 5.52. The summed E-state index contributed by atoms with van der Waals surface area (Å²) in [5.74, 6) is 9.22.